The number of aliphatic imine (C=N–C) groups is 1. The second-order valence-electron chi connectivity index (χ2n) is 7.43. The van der Waals surface area contributed by atoms with Crippen LogP contribution in [0.2, 0.25) is 0 Å². The average molecular weight is 332 g/mol. The summed E-state index contributed by atoms with van der Waals surface area (Å²) in [6.07, 6.45) is 8.39. The van der Waals surface area contributed by atoms with Crippen LogP contribution in [0.25, 0.3) is 0 Å². The Hall–Kier alpha value is -1.62. The Morgan fingerprint density at radius 1 is 1.38 bits per heavy atom. The first-order valence-corrected chi connectivity index (χ1v) is 8.95. The van der Waals surface area contributed by atoms with E-state index in [4.69, 9.17) is 0 Å². The molecule has 1 spiro atoms. The topological polar surface area (TPSA) is 56.7 Å². The minimum absolute atomic E-state index is 0.0420. The van der Waals surface area contributed by atoms with Gasteiger partial charge in [-0.2, -0.15) is 0 Å². The summed E-state index contributed by atoms with van der Waals surface area (Å²) < 4.78 is 0. The van der Waals surface area contributed by atoms with Crippen LogP contribution < -0.4 is 10.6 Å². The van der Waals surface area contributed by atoms with Crippen molar-refractivity contribution >= 4 is 12.1 Å². The molecule has 1 amide bonds. The molecule has 2 aliphatic rings. The first kappa shape index (κ1) is 18.7. The number of allylic oxidation sites excluding steroid dienone is 3. The molecular formula is C19H32N4O. The van der Waals surface area contributed by atoms with E-state index in [1.165, 1.54) is 18.4 Å². The molecule has 0 radical (unpaired) electrons. The van der Waals surface area contributed by atoms with Gasteiger partial charge < -0.3 is 15.5 Å². The molecule has 5 nitrogen and oxygen atoms in total. The molecule has 1 heterocycles. The lowest BCUT2D eigenvalue weighted by atomic mass is 10.0. The van der Waals surface area contributed by atoms with Gasteiger partial charge in [0.15, 0.2) is 0 Å². The molecule has 0 aromatic carbocycles. The highest BCUT2D eigenvalue weighted by molar-refractivity contribution is 5.82. The summed E-state index contributed by atoms with van der Waals surface area (Å²) in [5, 5.41) is 6.42. The predicted octanol–water partition coefficient (Wildman–Crippen LogP) is 2.46. The molecule has 1 aliphatic heterocycles. The Morgan fingerprint density at radius 2 is 2.08 bits per heavy atom. The van der Waals surface area contributed by atoms with Gasteiger partial charge in [0.05, 0.1) is 18.3 Å². The van der Waals surface area contributed by atoms with Gasteiger partial charge in [-0.25, -0.2) is 0 Å². The van der Waals surface area contributed by atoms with Crippen LogP contribution >= 0.6 is 0 Å². The molecule has 24 heavy (non-hydrogen) atoms. The van der Waals surface area contributed by atoms with E-state index in [0.717, 1.165) is 30.8 Å². The van der Waals surface area contributed by atoms with Gasteiger partial charge in [-0.15, -0.1) is 0 Å². The van der Waals surface area contributed by atoms with Crippen molar-refractivity contribution in [2.24, 2.45) is 10.4 Å². The maximum atomic E-state index is 12.4. The second-order valence-corrected chi connectivity index (χ2v) is 7.43. The van der Waals surface area contributed by atoms with Crippen molar-refractivity contribution in [2.75, 3.05) is 27.2 Å². The van der Waals surface area contributed by atoms with Crippen LogP contribution in [0, 0.1) is 5.41 Å². The van der Waals surface area contributed by atoms with Crippen molar-refractivity contribution in [3.63, 3.8) is 0 Å². The lowest BCUT2D eigenvalue weighted by Crippen LogP contribution is -2.41. The van der Waals surface area contributed by atoms with E-state index in [1.54, 1.807) is 0 Å². The Morgan fingerprint density at radius 3 is 2.62 bits per heavy atom. The minimum Gasteiger partial charge on any atom is -0.380 e. The molecule has 1 saturated heterocycles. The normalized spacial score (nSPS) is 23.5. The Labute approximate surface area is 146 Å². The van der Waals surface area contributed by atoms with Crippen LogP contribution in [-0.4, -0.2) is 50.2 Å². The zero-order chi connectivity index (χ0) is 17.7. The van der Waals surface area contributed by atoms with E-state index in [1.807, 2.05) is 38.2 Å². The molecule has 1 atom stereocenters. The van der Waals surface area contributed by atoms with E-state index in [9.17, 15) is 4.79 Å². The molecule has 2 N–H and O–H groups in total. The fraction of sp³-hybridized carbons (Fsp3) is 0.684. The van der Waals surface area contributed by atoms with Crippen molar-refractivity contribution in [1.82, 2.24) is 15.5 Å². The van der Waals surface area contributed by atoms with E-state index in [-0.39, 0.29) is 11.9 Å². The van der Waals surface area contributed by atoms with Crippen LogP contribution in [0.3, 0.4) is 0 Å². The van der Waals surface area contributed by atoms with Crippen molar-refractivity contribution in [1.29, 1.82) is 0 Å². The van der Waals surface area contributed by atoms with E-state index < -0.39 is 0 Å². The number of carbonyl (C=O) groups is 1. The van der Waals surface area contributed by atoms with Crippen LogP contribution in [0.4, 0.5) is 0 Å². The number of nitrogens with one attached hydrogen (secondary N) is 2. The Kier molecular flexibility index (Phi) is 6.21. The third kappa shape index (κ3) is 4.94. The van der Waals surface area contributed by atoms with Crippen LogP contribution in [0.5, 0.6) is 0 Å². The molecule has 2 fully saturated rings. The predicted molar refractivity (Wildman–Crippen MR) is 100 cm³/mol. The number of amides is 1. The van der Waals surface area contributed by atoms with Gasteiger partial charge in [-0.3, -0.25) is 9.79 Å². The first-order valence-electron chi connectivity index (χ1n) is 8.95. The monoisotopic (exact) mass is 332 g/mol. The van der Waals surface area contributed by atoms with E-state index in [2.05, 4.69) is 29.5 Å². The fourth-order valence-electron chi connectivity index (χ4n) is 2.85. The highest BCUT2D eigenvalue weighted by Crippen LogP contribution is 2.51. The molecule has 0 aromatic rings. The zero-order valence-corrected chi connectivity index (χ0v) is 15.8. The molecule has 134 valence electrons. The summed E-state index contributed by atoms with van der Waals surface area (Å²) in [6, 6.07) is -0.0420. The van der Waals surface area contributed by atoms with Gasteiger partial charge in [0, 0.05) is 32.6 Å². The maximum Gasteiger partial charge on any atom is 0.237 e. The summed E-state index contributed by atoms with van der Waals surface area (Å²) in [5.74, 6) is 0.0957. The van der Waals surface area contributed by atoms with Gasteiger partial charge in [0.25, 0.3) is 0 Å². The van der Waals surface area contributed by atoms with Gasteiger partial charge in [-0.05, 0) is 51.0 Å². The number of hydrogen-bond donors (Lipinski definition) is 2. The molecule has 5 heteroatoms. The molecule has 0 bridgehead atoms. The van der Waals surface area contributed by atoms with Crippen LogP contribution in [0.15, 0.2) is 28.0 Å². The summed E-state index contributed by atoms with van der Waals surface area (Å²) in [6.45, 7) is 7.70. The van der Waals surface area contributed by atoms with Gasteiger partial charge in [0.1, 0.15) is 0 Å². The van der Waals surface area contributed by atoms with Crippen molar-refractivity contribution in [2.45, 2.75) is 52.5 Å². The summed E-state index contributed by atoms with van der Waals surface area (Å²) in [5.41, 5.74) is 3.68. The zero-order valence-electron chi connectivity index (χ0n) is 15.8. The third-order valence-electron chi connectivity index (χ3n) is 5.30. The second kappa shape index (κ2) is 7.97. The summed E-state index contributed by atoms with van der Waals surface area (Å²) in [4.78, 5) is 19.0. The molecular weight excluding hydrogens is 300 g/mol. The number of hydrogen-bond acceptors (Lipinski definition) is 4. The Bertz CT molecular complexity index is 556. The van der Waals surface area contributed by atoms with Crippen molar-refractivity contribution in [3.05, 3.63) is 23.0 Å². The number of carbonyl (C=O) groups excluding carboxylic acids is 1. The lowest BCUT2D eigenvalue weighted by Gasteiger charge is -2.18. The van der Waals surface area contributed by atoms with E-state index >= 15 is 0 Å². The standard InChI is InChI=1S/C19H32N4O/c1-6-14(2)7-10-20-17(15(3)23(4)5)12-21-18(24)16-11-19(8-9-19)13-22-16/h7,10,16,22H,6,8-9,11-13H2,1-5H3,(H,21,24)/b14-7+,17-15+,20-10+. The molecule has 0 aromatic heterocycles. The number of nitrogens with zero attached hydrogens (tertiary/aromatic N) is 2. The average Bonchev–Trinajstić information content (AvgIpc) is 3.18. The van der Waals surface area contributed by atoms with Crippen molar-refractivity contribution < 1.29 is 4.79 Å². The maximum absolute atomic E-state index is 12.4. The molecule has 2 rings (SSSR count). The molecule has 1 unspecified atom stereocenters. The van der Waals surface area contributed by atoms with Gasteiger partial charge >= 0.3 is 0 Å². The quantitative estimate of drug-likeness (QED) is 0.704. The minimum atomic E-state index is -0.0420. The smallest absolute Gasteiger partial charge is 0.237 e. The molecule has 1 saturated carbocycles. The first-order chi connectivity index (χ1) is 11.4. The van der Waals surface area contributed by atoms with Gasteiger partial charge in [0.2, 0.25) is 5.91 Å². The van der Waals surface area contributed by atoms with E-state index in [0.29, 0.717) is 12.0 Å². The highest BCUT2D eigenvalue weighted by Gasteiger charge is 2.49. The number of rotatable bonds is 7. The van der Waals surface area contributed by atoms with Gasteiger partial charge in [-0.1, -0.05) is 12.5 Å². The summed E-state index contributed by atoms with van der Waals surface area (Å²) in [7, 11) is 3.99. The van der Waals surface area contributed by atoms with Crippen LogP contribution in [0.1, 0.15) is 46.5 Å². The summed E-state index contributed by atoms with van der Waals surface area (Å²) >= 11 is 0. The SMILES string of the molecule is CC/C(C)=C/C=N/C(CNC(=O)C1CC2(CC2)CN1)=C(\C)N(C)C. The van der Waals surface area contributed by atoms with Crippen LogP contribution in [-0.2, 0) is 4.79 Å². The Balaban J connectivity index is 1.95. The largest absolute Gasteiger partial charge is 0.380 e. The fourth-order valence-corrected chi connectivity index (χ4v) is 2.85. The third-order valence-corrected chi connectivity index (χ3v) is 5.30. The van der Waals surface area contributed by atoms with Crippen molar-refractivity contribution in [3.8, 4) is 0 Å². The highest BCUT2D eigenvalue weighted by atomic mass is 16.2. The lowest BCUT2D eigenvalue weighted by molar-refractivity contribution is -0.122. The molecule has 1 aliphatic carbocycles.